The van der Waals surface area contributed by atoms with Crippen LogP contribution in [0.1, 0.15) is 12.0 Å². The lowest BCUT2D eigenvalue weighted by molar-refractivity contribution is -0.144. The fourth-order valence-electron chi connectivity index (χ4n) is 2.01. The number of carboxylic acids is 1. The number of ether oxygens (including phenoxy) is 1. The second-order valence-electron chi connectivity index (χ2n) is 4.72. The van der Waals surface area contributed by atoms with Crippen LogP contribution in [0.5, 0.6) is 0 Å². The second kappa shape index (κ2) is 5.86. The fraction of sp³-hybridized carbons (Fsp3) is 0.500. The molecule has 7 nitrogen and oxygen atoms in total. The first kappa shape index (κ1) is 14.9. The van der Waals surface area contributed by atoms with Gasteiger partial charge in [0.15, 0.2) is 5.54 Å². The Bertz CT molecular complexity index is 567. The number of aromatic nitrogens is 1. The lowest BCUT2D eigenvalue weighted by Crippen LogP contribution is -2.55. The van der Waals surface area contributed by atoms with E-state index in [1.165, 1.54) is 0 Å². The van der Waals surface area contributed by atoms with E-state index in [0.717, 1.165) is 5.56 Å². The Balaban J connectivity index is 2.02. The van der Waals surface area contributed by atoms with Crippen LogP contribution in [0.3, 0.4) is 0 Å². The van der Waals surface area contributed by atoms with Crippen LogP contribution >= 0.6 is 0 Å². The van der Waals surface area contributed by atoms with Gasteiger partial charge in [-0.15, -0.1) is 0 Å². The van der Waals surface area contributed by atoms with Crippen LogP contribution in [0.4, 0.5) is 0 Å². The Kier molecular flexibility index (Phi) is 4.36. The Labute approximate surface area is 117 Å². The molecule has 1 aromatic heterocycles. The van der Waals surface area contributed by atoms with Crippen molar-refractivity contribution >= 4 is 16.0 Å². The van der Waals surface area contributed by atoms with Gasteiger partial charge >= 0.3 is 5.97 Å². The predicted molar refractivity (Wildman–Crippen MR) is 70.7 cm³/mol. The molecular weight excluding hydrogens is 284 g/mol. The van der Waals surface area contributed by atoms with Crippen LogP contribution < -0.4 is 4.72 Å². The zero-order valence-corrected chi connectivity index (χ0v) is 11.6. The summed E-state index contributed by atoms with van der Waals surface area (Å²) in [6.45, 7) is 0.0932. The SMILES string of the molecule is O=C(O)C1(NS(=O)(=O)CCc2ccncc2)CCOC1. The summed E-state index contributed by atoms with van der Waals surface area (Å²) in [5.74, 6) is -1.38. The molecule has 1 fully saturated rings. The van der Waals surface area contributed by atoms with E-state index in [2.05, 4.69) is 9.71 Å². The van der Waals surface area contributed by atoms with E-state index in [0.29, 0.717) is 6.42 Å². The molecule has 1 aliphatic heterocycles. The average molecular weight is 300 g/mol. The molecule has 0 spiro atoms. The third-order valence-electron chi connectivity index (χ3n) is 3.19. The van der Waals surface area contributed by atoms with Gasteiger partial charge in [0, 0.05) is 25.4 Å². The van der Waals surface area contributed by atoms with Crippen LogP contribution in [0, 0.1) is 0 Å². The topological polar surface area (TPSA) is 106 Å². The van der Waals surface area contributed by atoms with Crippen molar-refractivity contribution in [2.45, 2.75) is 18.4 Å². The summed E-state index contributed by atoms with van der Waals surface area (Å²) < 4.78 is 31.3. The molecule has 0 radical (unpaired) electrons. The number of hydrogen-bond acceptors (Lipinski definition) is 5. The van der Waals surface area contributed by atoms with Crippen molar-refractivity contribution in [2.75, 3.05) is 19.0 Å². The zero-order chi connectivity index (χ0) is 14.6. The highest BCUT2D eigenvalue weighted by Crippen LogP contribution is 2.20. The average Bonchev–Trinajstić information content (AvgIpc) is 2.87. The largest absolute Gasteiger partial charge is 0.480 e. The molecule has 0 bridgehead atoms. The summed E-state index contributed by atoms with van der Waals surface area (Å²) in [5, 5.41) is 9.20. The lowest BCUT2D eigenvalue weighted by atomic mass is 10.0. The number of nitrogens with one attached hydrogen (secondary N) is 1. The minimum Gasteiger partial charge on any atom is -0.480 e. The Morgan fingerprint density at radius 3 is 2.70 bits per heavy atom. The summed E-state index contributed by atoms with van der Waals surface area (Å²) in [4.78, 5) is 15.1. The molecule has 2 rings (SSSR count). The molecule has 0 saturated carbocycles. The van der Waals surface area contributed by atoms with Gasteiger partial charge in [0.1, 0.15) is 0 Å². The zero-order valence-electron chi connectivity index (χ0n) is 10.8. The van der Waals surface area contributed by atoms with Crippen molar-refractivity contribution in [1.29, 1.82) is 0 Å². The van der Waals surface area contributed by atoms with Crippen LogP contribution in [0.2, 0.25) is 0 Å². The van der Waals surface area contributed by atoms with Crippen molar-refractivity contribution in [3.63, 3.8) is 0 Å². The number of aryl methyl sites for hydroxylation is 1. The number of rotatable bonds is 6. The Morgan fingerprint density at radius 2 is 2.15 bits per heavy atom. The van der Waals surface area contributed by atoms with Crippen molar-refractivity contribution < 1.29 is 23.1 Å². The minimum atomic E-state index is -3.70. The van der Waals surface area contributed by atoms with Gasteiger partial charge in [0.2, 0.25) is 10.0 Å². The van der Waals surface area contributed by atoms with Gasteiger partial charge in [-0.1, -0.05) is 0 Å². The van der Waals surface area contributed by atoms with E-state index < -0.39 is 21.5 Å². The second-order valence-corrected chi connectivity index (χ2v) is 6.56. The van der Waals surface area contributed by atoms with Gasteiger partial charge < -0.3 is 9.84 Å². The van der Waals surface area contributed by atoms with E-state index in [1.807, 2.05) is 0 Å². The highest BCUT2D eigenvalue weighted by Gasteiger charge is 2.45. The smallest absolute Gasteiger partial charge is 0.327 e. The number of pyridine rings is 1. The maximum Gasteiger partial charge on any atom is 0.327 e. The molecule has 2 N–H and O–H groups in total. The molecule has 1 saturated heterocycles. The molecule has 1 atom stereocenters. The number of carbonyl (C=O) groups is 1. The summed E-state index contributed by atoms with van der Waals surface area (Å²) in [6.07, 6.45) is 3.60. The number of hydrogen-bond donors (Lipinski definition) is 2. The fourth-order valence-corrected chi connectivity index (χ4v) is 3.46. The molecule has 8 heteroatoms. The van der Waals surface area contributed by atoms with Crippen molar-refractivity contribution in [2.24, 2.45) is 0 Å². The predicted octanol–water partition coefficient (Wildman–Crippen LogP) is -0.213. The van der Waals surface area contributed by atoms with E-state index in [9.17, 15) is 18.3 Å². The number of carboxylic acid groups (broad SMARTS) is 1. The van der Waals surface area contributed by atoms with E-state index in [-0.39, 0.29) is 25.4 Å². The van der Waals surface area contributed by atoms with Crippen LogP contribution in [0.15, 0.2) is 24.5 Å². The van der Waals surface area contributed by atoms with Gasteiger partial charge in [-0.2, -0.15) is 4.72 Å². The molecule has 2 heterocycles. The normalized spacial score (nSPS) is 22.8. The first-order chi connectivity index (χ1) is 9.44. The first-order valence-electron chi connectivity index (χ1n) is 6.15. The van der Waals surface area contributed by atoms with Gasteiger partial charge in [0.25, 0.3) is 0 Å². The van der Waals surface area contributed by atoms with E-state index in [1.54, 1.807) is 24.5 Å². The van der Waals surface area contributed by atoms with Crippen molar-refractivity contribution in [3.8, 4) is 0 Å². The quantitative estimate of drug-likeness (QED) is 0.753. The standard InChI is InChI=1S/C12H16N2O5S/c15-11(16)12(4-7-19-9-12)14-20(17,18)8-3-10-1-5-13-6-2-10/h1-2,5-6,14H,3-4,7-9H2,(H,15,16). The molecule has 0 amide bonds. The molecule has 0 aliphatic carbocycles. The molecule has 110 valence electrons. The van der Waals surface area contributed by atoms with Crippen molar-refractivity contribution in [1.82, 2.24) is 9.71 Å². The number of nitrogens with zero attached hydrogens (tertiary/aromatic N) is 1. The summed E-state index contributed by atoms with van der Waals surface area (Å²) >= 11 is 0. The number of sulfonamides is 1. The third-order valence-corrected chi connectivity index (χ3v) is 4.63. The summed E-state index contributed by atoms with van der Waals surface area (Å²) in [6, 6.07) is 3.45. The Morgan fingerprint density at radius 1 is 1.45 bits per heavy atom. The summed E-state index contributed by atoms with van der Waals surface area (Å²) in [7, 11) is -3.70. The van der Waals surface area contributed by atoms with Gasteiger partial charge in [0.05, 0.1) is 12.4 Å². The van der Waals surface area contributed by atoms with Crippen LogP contribution in [0.25, 0.3) is 0 Å². The van der Waals surface area contributed by atoms with Gasteiger partial charge in [-0.25, -0.2) is 8.42 Å². The van der Waals surface area contributed by atoms with Crippen LogP contribution in [-0.4, -0.2) is 49.0 Å². The number of aliphatic carboxylic acids is 1. The molecule has 20 heavy (non-hydrogen) atoms. The van der Waals surface area contributed by atoms with Crippen molar-refractivity contribution in [3.05, 3.63) is 30.1 Å². The lowest BCUT2D eigenvalue weighted by Gasteiger charge is -2.23. The maximum absolute atomic E-state index is 12.0. The van der Waals surface area contributed by atoms with Gasteiger partial charge in [-0.05, 0) is 24.1 Å². The first-order valence-corrected chi connectivity index (χ1v) is 7.80. The molecule has 1 aromatic rings. The monoisotopic (exact) mass is 300 g/mol. The van der Waals surface area contributed by atoms with E-state index in [4.69, 9.17) is 4.74 Å². The van der Waals surface area contributed by atoms with E-state index >= 15 is 0 Å². The molecule has 1 unspecified atom stereocenters. The molecular formula is C12H16N2O5S. The minimum absolute atomic E-state index is 0.136. The van der Waals surface area contributed by atoms with Gasteiger partial charge in [-0.3, -0.25) is 9.78 Å². The highest BCUT2D eigenvalue weighted by molar-refractivity contribution is 7.89. The third kappa shape index (κ3) is 3.53. The summed E-state index contributed by atoms with van der Waals surface area (Å²) in [5.41, 5.74) is -0.700. The molecule has 0 aromatic carbocycles. The highest BCUT2D eigenvalue weighted by atomic mass is 32.2. The maximum atomic E-state index is 12.0. The van der Waals surface area contributed by atoms with Crippen LogP contribution in [-0.2, 0) is 26.0 Å². The molecule has 1 aliphatic rings. The Hall–Kier alpha value is -1.51.